The number of carbonyl (C=O) groups excluding carboxylic acids is 1. The molecule has 0 atom stereocenters. The number of nitrogens with zero attached hydrogens (tertiary/aromatic N) is 3. The minimum Gasteiger partial charge on any atom is -0.322 e. The normalized spacial score (nSPS) is 10.5. The largest absolute Gasteiger partial charge is 0.322 e. The van der Waals surface area contributed by atoms with E-state index >= 15 is 0 Å². The molecule has 0 radical (unpaired) electrons. The van der Waals surface area contributed by atoms with E-state index in [-0.39, 0.29) is 5.91 Å². The maximum absolute atomic E-state index is 12.2. The van der Waals surface area contributed by atoms with Crippen LogP contribution in [0.3, 0.4) is 0 Å². The van der Waals surface area contributed by atoms with Crippen LogP contribution in [0.25, 0.3) is 5.82 Å². The van der Waals surface area contributed by atoms with Crippen molar-refractivity contribution in [3.05, 3.63) is 72.2 Å². The molecule has 1 N–H and O–H groups in total. The number of aryl methyl sites for hydroxylation is 1. The summed E-state index contributed by atoms with van der Waals surface area (Å²) in [4.78, 5) is 16.5. The van der Waals surface area contributed by atoms with E-state index < -0.39 is 0 Å². The second-order valence-corrected chi connectivity index (χ2v) is 6.34. The molecule has 2 heterocycles. The Morgan fingerprint density at radius 2 is 2.00 bits per heavy atom. The molecule has 6 heteroatoms. The van der Waals surface area contributed by atoms with Crippen LogP contribution in [0.5, 0.6) is 0 Å². The lowest BCUT2D eigenvalue weighted by atomic mass is 10.2. The van der Waals surface area contributed by atoms with Crippen molar-refractivity contribution >= 4 is 23.4 Å². The fourth-order valence-corrected chi connectivity index (χ4v) is 2.99. The van der Waals surface area contributed by atoms with Gasteiger partial charge < -0.3 is 5.32 Å². The van der Waals surface area contributed by atoms with Gasteiger partial charge in [-0.15, -0.1) is 11.8 Å². The Hall–Kier alpha value is -2.60. The Kier molecular flexibility index (Phi) is 5.28. The predicted octanol–water partition coefficient (Wildman–Crippen LogP) is 3.45. The van der Waals surface area contributed by atoms with Crippen molar-refractivity contribution in [3.8, 4) is 5.82 Å². The van der Waals surface area contributed by atoms with Crippen molar-refractivity contribution in [1.82, 2.24) is 14.8 Å². The Balaban J connectivity index is 1.57. The summed E-state index contributed by atoms with van der Waals surface area (Å²) in [5.74, 6) is 1.77. The zero-order valence-corrected chi connectivity index (χ0v) is 14.2. The van der Waals surface area contributed by atoms with Crippen molar-refractivity contribution in [2.24, 2.45) is 0 Å². The molecule has 0 spiro atoms. The minimum atomic E-state index is -0.0477. The van der Waals surface area contributed by atoms with Gasteiger partial charge in [0.05, 0.1) is 11.4 Å². The van der Waals surface area contributed by atoms with Gasteiger partial charge in [-0.3, -0.25) is 4.79 Å². The molecule has 3 aromatic rings. The van der Waals surface area contributed by atoms with E-state index in [0.29, 0.717) is 17.3 Å². The lowest BCUT2D eigenvalue weighted by Crippen LogP contribution is -2.16. The number of anilines is 1. The maximum atomic E-state index is 12.2. The summed E-state index contributed by atoms with van der Waals surface area (Å²) in [6.45, 7) is 2.06. The molecule has 0 aliphatic carbocycles. The zero-order valence-electron chi connectivity index (χ0n) is 13.3. The monoisotopic (exact) mass is 338 g/mol. The van der Waals surface area contributed by atoms with E-state index in [1.54, 1.807) is 41.1 Å². The van der Waals surface area contributed by atoms with Crippen LogP contribution in [-0.2, 0) is 10.5 Å². The highest BCUT2D eigenvalue weighted by Crippen LogP contribution is 2.18. The van der Waals surface area contributed by atoms with Crippen LogP contribution < -0.4 is 5.32 Å². The number of hydrogen-bond donors (Lipinski definition) is 1. The molecule has 0 aliphatic rings. The molecule has 0 bridgehead atoms. The lowest BCUT2D eigenvalue weighted by Gasteiger charge is -2.10. The van der Waals surface area contributed by atoms with Gasteiger partial charge in [0.15, 0.2) is 5.82 Å². The van der Waals surface area contributed by atoms with Crippen LogP contribution in [0, 0.1) is 6.92 Å². The van der Waals surface area contributed by atoms with Crippen molar-refractivity contribution in [3.63, 3.8) is 0 Å². The quantitative estimate of drug-likeness (QED) is 0.748. The van der Waals surface area contributed by atoms with Crippen molar-refractivity contribution in [1.29, 1.82) is 0 Å². The summed E-state index contributed by atoms with van der Waals surface area (Å²) in [6, 6.07) is 13.8. The standard InChI is InChI=1S/C18H18N4OS/c1-14-5-7-15(8-6-14)12-24-13-17(23)21-16-4-2-9-19-18(16)22-11-3-10-20-22/h2-11H,12-13H2,1H3,(H,21,23). The molecular weight excluding hydrogens is 320 g/mol. The van der Waals surface area contributed by atoms with Gasteiger partial charge in [0.1, 0.15) is 0 Å². The Morgan fingerprint density at radius 1 is 1.17 bits per heavy atom. The van der Waals surface area contributed by atoms with Gasteiger partial charge in [0.2, 0.25) is 5.91 Å². The van der Waals surface area contributed by atoms with Crippen LogP contribution >= 0.6 is 11.8 Å². The fourth-order valence-electron chi connectivity index (χ4n) is 2.20. The first kappa shape index (κ1) is 16.3. The van der Waals surface area contributed by atoms with Crippen molar-refractivity contribution in [2.45, 2.75) is 12.7 Å². The van der Waals surface area contributed by atoms with Crippen LogP contribution in [0.2, 0.25) is 0 Å². The first-order valence-electron chi connectivity index (χ1n) is 7.60. The summed E-state index contributed by atoms with van der Waals surface area (Å²) in [5, 5.41) is 7.07. The molecule has 122 valence electrons. The smallest absolute Gasteiger partial charge is 0.234 e. The molecule has 0 saturated heterocycles. The number of carbonyl (C=O) groups is 1. The van der Waals surface area contributed by atoms with E-state index in [9.17, 15) is 4.79 Å². The first-order chi connectivity index (χ1) is 11.7. The van der Waals surface area contributed by atoms with E-state index in [0.717, 1.165) is 5.75 Å². The molecule has 2 aromatic heterocycles. The van der Waals surface area contributed by atoms with Gasteiger partial charge in [0.25, 0.3) is 0 Å². The molecule has 24 heavy (non-hydrogen) atoms. The highest BCUT2D eigenvalue weighted by Gasteiger charge is 2.09. The van der Waals surface area contributed by atoms with E-state index in [4.69, 9.17) is 0 Å². The average Bonchev–Trinajstić information content (AvgIpc) is 3.11. The van der Waals surface area contributed by atoms with Crippen LogP contribution in [0.4, 0.5) is 5.69 Å². The maximum Gasteiger partial charge on any atom is 0.234 e. The van der Waals surface area contributed by atoms with E-state index in [1.165, 1.54) is 11.1 Å². The van der Waals surface area contributed by atoms with Gasteiger partial charge in [0, 0.05) is 24.3 Å². The van der Waals surface area contributed by atoms with Crippen molar-refractivity contribution < 1.29 is 4.79 Å². The molecule has 0 saturated carbocycles. The van der Waals surface area contributed by atoms with E-state index in [2.05, 4.69) is 46.6 Å². The number of benzene rings is 1. The summed E-state index contributed by atoms with van der Waals surface area (Å²) in [5.41, 5.74) is 3.11. The van der Waals surface area contributed by atoms with Crippen LogP contribution in [-0.4, -0.2) is 26.4 Å². The van der Waals surface area contributed by atoms with Gasteiger partial charge >= 0.3 is 0 Å². The number of amides is 1. The summed E-state index contributed by atoms with van der Waals surface area (Å²) < 4.78 is 1.63. The van der Waals surface area contributed by atoms with Crippen LogP contribution in [0.1, 0.15) is 11.1 Å². The number of pyridine rings is 1. The van der Waals surface area contributed by atoms with E-state index in [1.807, 2.05) is 12.1 Å². The minimum absolute atomic E-state index is 0.0477. The third kappa shape index (κ3) is 4.23. The molecule has 3 rings (SSSR count). The molecule has 0 aliphatic heterocycles. The number of hydrogen-bond acceptors (Lipinski definition) is 4. The number of rotatable bonds is 6. The zero-order chi connectivity index (χ0) is 16.8. The van der Waals surface area contributed by atoms with Gasteiger partial charge in [-0.2, -0.15) is 5.10 Å². The number of thioether (sulfide) groups is 1. The predicted molar refractivity (Wildman–Crippen MR) is 97.3 cm³/mol. The third-order valence-corrected chi connectivity index (χ3v) is 4.41. The first-order valence-corrected chi connectivity index (χ1v) is 8.76. The van der Waals surface area contributed by atoms with Gasteiger partial charge in [-0.1, -0.05) is 29.8 Å². The molecule has 5 nitrogen and oxygen atoms in total. The molecule has 1 amide bonds. The molecule has 0 unspecified atom stereocenters. The van der Waals surface area contributed by atoms with Gasteiger partial charge in [-0.25, -0.2) is 9.67 Å². The molecule has 0 fully saturated rings. The number of aromatic nitrogens is 3. The second-order valence-electron chi connectivity index (χ2n) is 5.35. The summed E-state index contributed by atoms with van der Waals surface area (Å²) in [6.07, 6.45) is 5.15. The second kappa shape index (κ2) is 7.79. The van der Waals surface area contributed by atoms with Gasteiger partial charge in [-0.05, 0) is 30.7 Å². The fraction of sp³-hybridized carbons (Fsp3) is 0.167. The van der Waals surface area contributed by atoms with Crippen molar-refractivity contribution in [2.75, 3.05) is 11.1 Å². The number of nitrogens with one attached hydrogen (secondary N) is 1. The topological polar surface area (TPSA) is 59.8 Å². The molecular formula is C18H18N4OS. The lowest BCUT2D eigenvalue weighted by molar-refractivity contribution is -0.113. The Labute approximate surface area is 145 Å². The third-order valence-electron chi connectivity index (χ3n) is 3.40. The summed E-state index contributed by atoms with van der Waals surface area (Å²) >= 11 is 1.59. The highest BCUT2D eigenvalue weighted by atomic mass is 32.2. The summed E-state index contributed by atoms with van der Waals surface area (Å²) in [7, 11) is 0. The Bertz CT molecular complexity index is 800. The SMILES string of the molecule is Cc1ccc(CSCC(=O)Nc2cccnc2-n2cccn2)cc1. The molecule has 1 aromatic carbocycles. The highest BCUT2D eigenvalue weighted by molar-refractivity contribution is 7.99. The average molecular weight is 338 g/mol. The Morgan fingerprint density at radius 3 is 2.75 bits per heavy atom. The van der Waals surface area contributed by atoms with Crippen LogP contribution in [0.15, 0.2) is 61.1 Å².